The zero-order valence-electron chi connectivity index (χ0n) is 15.6. The molecule has 0 aliphatic rings. The SMILES string of the molecule is CCCCCCCCCCCC[N+](C)(C)CC(=O)NCCS.[Cl-]. The van der Waals surface area contributed by atoms with Crippen LogP contribution in [0.5, 0.6) is 0 Å². The number of hydrogen-bond donors (Lipinski definition) is 2. The first kappa shape index (κ1) is 25.3. The van der Waals surface area contributed by atoms with Crippen LogP contribution in [0.25, 0.3) is 0 Å². The molecule has 0 aliphatic heterocycles. The molecule has 0 aromatic carbocycles. The molecule has 0 aromatic rings. The van der Waals surface area contributed by atoms with E-state index in [1.807, 2.05) is 0 Å². The monoisotopic (exact) mass is 366 g/mol. The molecule has 0 fully saturated rings. The van der Waals surface area contributed by atoms with Gasteiger partial charge >= 0.3 is 0 Å². The van der Waals surface area contributed by atoms with Crippen molar-refractivity contribution in [2.24, 2.45) is 0 Å². The molecule has 1 amide bonds. The second-order valence-corrected chi connectivity index (χ2v) is 7.52. The lowest BCUT2D eigenvalue weighted by Crippen LogP contribution is -3.00. The van der Waals surface area contributed by atoms with E-state index >= 15 is 0 Å². The third-order valence-electron chi connectivity index (χ3n) is 4.12. The number of nitrogens with zero attached hydrogens (tertiary/aromatic N) is 1. The Balaban J connectivity index is 0. The summed E-state index contributed by atoms with van der Waals surface area (Å²) in [6, 6.07) is 0. The first-order valence-corrected chi connectivity index (χ1v) is 9.84. The van der Waals surface area contributed by atoms with Crippen molar-refractivity contribution in [3.05, 3.63) is 0 Å². The number of carbonyl (C=O) groups is 1. The minimum Gasteiger partial charge on any atom is -1.00 e. The summed E-state index contributed by atoms with van der Waals surface area (Å²) in [5, 5.41) is 2.90. The van der Waals surface area contributed by atoms with Crippen molar-refractivity contribution < 1.29 is 21.7 Å². The van der Waals surface area contributed by atoms with E-state index in [1.54, 1.807) is 0 Å². The van der Waals surface area contributed by atoms with Gasteiger partial charge in [-0.05, 0) is 12.8 Å². The van der Waals surface area contributed by atoms with Crippen LogP contribution in [0.15, 0.2) is 0 Å². The van der Waals surface area contributed by atoms with E-state index in [0.717, 1.165) is 11.0 Å². The average molecular weight is 367 g/mol. The molecule has 0 saturated heterocycles. The third kappa shape index (κ3) is 18.3. The molecule has 0 radical (unpaired) electrons. The first-order valence-electron chi connectivity index (χ1n) is 9.21. The van der Waals surface area contributed by atoms with E-state index in [-0.39, 0.29) is 18.3 Å². The second-order valence-electron chi connectivity index (χ2n) is 7.07. The Morgan fingerprint density at radius 3 is 1.87 bits per heavy atom. The summed E-state index contributed by atoms with van der Waals surface area (Å²) in [6.45, 7) is 4.60. The summed E-state index contributed by atoms with van der Waals surface area (Å²) < 4.78 is 0.787. The van der Waals surface area contributed by atoms with Crippen LogP contribution >= 0.6 is 12.6 Å². The smallest absolute Gasteiger partial charge is 0.275 e. The van der Waals surface area contributed by atoms with Gasteiger partial charge in [0.2, 0.25) is 0 Å². The summed E-state index contributed by atoms with van der Waals surface area (Å²) in [7, 11) is 4.29. The van der Waals surface area contributed by atoms with Crippen LogP contribution in [0, 0.1) is 0 Å². The number of rotatable bonds is 15. The van der Waals surface area contributed by atoms with Crippen molar-refractivity contribution in [3.63, 3.8) is 0 Å². The Bertz CT molecular complexity index is 276. The van der Waals surface area contributed by atoms with Crippen LogP contribution in [0.3, 0.4) is 0 Å². The Labute approximate surface area is 156 Å². The van der Waals surface area contributed by atoms with Crippen LogP contribution in [0.1, 0.15) is 71.1 Å². The van der Waals surface area contributed by atoms with Gasteiger partial charge in [0, 0.05) is 12.3 Å². The third-order valence-corrected chi connectivity index (χ3v) is 4.35. The molecule has 0 bridgehead atoms. The maximum Gasteiger partial charge on any atom is 0.275 e. The summed E-state index contributed by atoms with van der Waals surface area (Å²) in [5.41, 5.74) is 0. The quantitative estimate of drug-likeness (QED) is 0.253. The fourth-order valence-corrected chi connectivity index (χ4v) is 2.86. The number of halogens is 1. The topological polar surface area (TPSA) is 29.1 Å². The van der Waals surface area contributed by atoms with Crippen molar-refractivity contribution in [2.75, 3.05) is 39.5 Å². The molecule has 0 rings (SSSR count). The van der Waals surface area contributed by atoms with E-state index in [9.17, 15) is 4.79 Å². The molecular weight excluding hydrogens is 328 g/mol. The molecule has 140 valence electrons. The van der Waals surface area contributed by atoms with E-state index in [1.165, 1.54) is 64.2 Å². The van der Waals surface area contributed by atoms with Gasteiger partial charge in [0.1, 0.15) is 0 Å². The molecule has 0 aromatic heterocycles. The van der Waals surface area contributed by atoms with Crippen molar-refractivity contribution >= 4 is 18.5 Å². The van der Waals surface area contributed by atoms with Gasteiger partial charge in [0.25, 0.3) is 5.91 Å². The van der Waals surface area contributed by atoms with Crippen LogP contribution in [-0.2, 0) is 4.79 Å². The number of thiol groups is 1. The largest absolute Gasteiger partial charge is 1.00 e. The normalized spacial score (nSPS) is 11.1. The van der Waals surface area contributed by atoms with Crippen molar-refractivity contribution in [1.82, 2.24) is 5.32 Å². The van der Waals surface area contributed by atoms with Gasteiger partial charge in [-0.1, -0.05) is 58.3 Å². The Morgan fingerprint density at radius 2 is 1.39 bits per heavy atom. The van der Waals surface area contributed by atoms with E-state index in [2.05, 4.69) is 39.0 Å². The Kier molecular flexibility index (Phi) is 18.6. The summed E-state index contributed by atoms with van der Waals surface area (Å²) in [6.07, 6.45) is 13.6. The van der Waals surface area contributed by atoms with Crippen molar-refractivity contribution in [2.45, 2.75) is 71.1 Å². The molecule has 0 aliphatic carbocycles. The van der Waals surface area contributed by atoms with Gasteiger partial charge in [-0.2, -0.15) is 12.6 Å². The highest BCUT2D eigenvalue weighted by Gasteiger charge is 2.18. The second kappa shape index (κ2) is 16.9. The van der Waals surface area contributed by atoms with Gasteiger partial charge < -0.3 is 22.2 Å². The number of hydrogen-bond acceptors (Lipinski definition) is 2. The predicted molar refractivity (Wildman–Crippen MR) is 101 cm³/mol. The molecule has 0 heterocycles. The molecule has 0 saturated carbocycles. The van der Waals surface area contributed by atoms with Crippen molar-refractivity contribution in [3.8, 4) is 0 Å². The van der Waals surface area contributed by atoms with Crippen molar-refractivity contribution in [1.29, 1.82) is 0 Å². The lowest BCUT2D eigenvalue weighted by molar-refractivity contribution is -0.882. The summed E-state index contributed by atoms with van der Waals surface area (Å²) in [4.78, 5) is 11.7. The summed E-state index contributed by atoms with van der Waals surface area (Å²) >= 11 is 4.11. The molecule has 1 N–H and O–H groups in total. The minimum atomic E-state index is 0. The average Bonchev–Trinajstić information content (AvgIpc) is 2.46. The number of carbonyl (C=O) groups excluding carboxylic acids is 1. The lowest BCUT2D eigenvalue weighted by atomic mass is 10.1. The Morgan fingerprint density at radius 1 is 0.913 bits per heavy atom. The highest BCUT2D eigenvalue weighted by Crippen LogP contribution is 2.11. The predicted octanol–water partition coefficient (Wildman–Crippen LogP) is 1.03. The fraction of sp³-hybridized carbons (Fsp3) is 0.944. The highest BCUT2D eigenvalue weighted by atomic mass is 35.5. The van der Waals surface area contributed by atoms with E-state index in [0.29, 0.717) is 18.8 Å². The van der Waals surface area contributed by atoms with Gasteiger partial charge in [0.15, 0.2) is 6.54 Å². The highest BCUT2D eigenvalue weighted by molar-refractivity contribution is 7.80. The standard InChI is InChI=1S/C18H38N2OS.ClH/c1-4-5-6-7-8-9-10-11-12-13-15-20(2,3)17-18(21)19-14-16-22;/h4-17H2,1-3H3,(H-,19,21,22);1H. The molecule has 3 nitrogen and oxygen atoms in total. The number of amides is 1. The molecule has 0 spiro atoms. The van der Waals surface area contributed by atoms with Gasteiger partial charge in [-0.15, -0.1) is 0 Å². The molecule has 23 heavy (non-hydrogen) atoms. The fourth-order valence-electron chi connectivity index (χ4n) is 2.75. The number of likely N-dealkylation sites (N-methyl/N-ethyl adjacent to an activating group) is 1. The van der Waals surface area contributed by atoms with E-state index in [4.69, 9.17) is 0 Å². The van der Waals surface area contributed by atoms with E-state index < -0.39 is 0 Å². The van der Waals surface area contributed by atoms with Crippen LogP contribution in [0.4, 0.5) is 0 Å². The van der Waals surface area contributed by atoms with Gasteiger partial charge in [-0.25, -0.2) is 0 Å². The maximum atomic E-state index is 11.7. The zero-order chi connectivity index (χ0) is 16.7. The summed E-state index contributed by atoms with van der Waals surface area (Å²) in [5.74, 6) is 0.851. The first-order chi connectivity index (χ1) is 10.5. The van der Waals surface area contributed by atoms with Crippen LogP contribution in [-0.4, -0.2) is 49.9 Å². The van der Waals surface area contributed by atoms with Crippen LogP contribution in [0.2, 0.25) is 0 Å². The van der Waals surface area contributed by atoms with Gasteiger partial charge in [0.05, 0.1) is 20.6 Å². The molecule has 0 atom stereocenters. The zero-order valence-corrected chi connectivity index (χ0v) is 17.2. The number of nitrogens with one attached hydrogen (secondary N) is 1. The van der Waals surface area contributed by atoms with Gasteiger partial charge in [-0.3, -0.25) is 4.79 Å². The Hall–Kier alpha value is 0.0700. The molecular formula is C18H39ClN2OS. The molecule has 5 heteroatoms. The molecule has 0 unspecified atom stereocenters. The maximum absolute atomic E-state index is 11.7. The minimum absolute atomic E-state index is 0. The lowest BCUT2D eigenvalue weighted by Gasteiger charge is -2.29. The number of quaternary nitrogens is 1. The van der Waals surface area contributed by atoms with Crippen LogP contribution < -0.4 is 17.7 Å². The number of unbranched alkanes of at least 4 members (excludes halogenated alkanes) is 9.